The van der Waals surface area contributed by atoms with E-state index in [-0.39, 0.29) is 0 Å². The molecule has 0 fully saturated rings. The van der Waals surface area contributed by atoms with Crippen LogP contribution in [0, 0.1) is 15.9 Å². The number of halogens is 1. The van der Waals surface area contributed by atoms with Crippen LogP contribution in [-0.4, -0.2) is 16.5 Å². The summed E-state index contributed by atoms with van der Waals surface area (Å²) in [6.07, 6.45) is 4.91. The summed E-state index contributed by atoms with van der Waals surface area (Å²) < 4.78 is 15.5. The average Bonchev–Trinajstić information content (AvgIpc) is 2.88. The van der Waals surface area contributed by atoms with Crippen molar-refractivity contribution in [2.24, 2.45) is 0 Å². The molecule has 1 unspecified atom stereocenters. The van der Waals surface area contributed by atoms with Gasteiger partial charge < -0.3 is 9.88 Å². The molecule has 0 bridgehead atoms. The zero-order valence-electron chi connectivity index (χ0n) is 12.0. The Morgan fingerprint density at radius 2 is 2.19 bits per heavy atom. The topological polar surface area (TPSA) is 60.1 Å². The monoisotopic (exact) mass is 291 g/mol. The maximum absolute atomic E-state index is 13.6. The second-order valence-corrected chi connectivity index (χ2v) is 4.91. The first kappa shape index (κ1) is 15.2. The third-order valence-electron chi connectivity index (χ3n) is 3.51. The van der Waals surface area contributed by atoms with E-state index in [1.807, 2.05) is 30.1 Å². The van der Waals surface area contributed by atoms with Gasteiger partial charge in [0, 0.05) is 31.0 Å². The number of benzene rings is 1. The van der Waals surface area contributed by atoms with Crippen molar-refractivity contribution in [2.75, 3.05) is 7.05 Å². The van der Waals surface area contributed by atoms with Crippen molar-refractivity contribution < 1.29 is 9.31 Å². The fourth-order valence-corrected chi connectivity index (χ4v) is 2.38. The van der Waals surface area contributed by atoms with Crippen LogP contribution >= 0.6 is 0 Å². The zero-order chi connectivity index (χ0) is 15.4. The molecule has 1 aromatic heterocycles. The number of nitrogens with one attached hydrogen (secondary N) is 1. The molecule has 0 radical (unpaired) electrons. The van der Waals surface area contributed by atoms with Crippen LogP contribution in [-0.2, 0) is 6.54 Å². The summed E-state index contributed by atoms with van der Waals surface area (Å²) >= 11 is 0. The molecule has 0 aliphatic rings. The first-order chi connectivity index (χ1) is 10.0. The second kappa shape index (κ2) is 6.49. The number of nitro benzene ring substituents is 1. The molecule has 0 aliphatic carbocycles. The summed E-state index contributed by atoms with van der Waals surface area (Å²) in [7, 11) is 1.91. The van der Waals surface area contributed by atoms with Crippen molar-refractivity contribution in [1.29, 1.82) is 0 Å². The van der Waals surface area contributed by atoms with Crippen LogP contribution in [0.5, 0.6) is 0 Å². The van der Waals surface area contributed by atoms with Crippen molar-refractivity contribution in [3.05, 3.63) is 63.7 Å². The van der Waals surface area contributed by atoms with Crippen molar-refractivity contribution in [1.82, 2.24) is 9.88 Å². The predicted molar refractivity (Wildman–Crippen MR) is 78.7 cm³/mol. The lowest BCUT2D eigenvalue weighted by molar-refractivity contribution is -0.387. The summed E-state index contributed by atoms with van der Waals surface area (Å²) in [5.41, 5.74) is 1.37. The van der Waals surface area contributed by atoms with E-state index in [9.17, 15) is 14.5 Å². The third kappa shape index (κ3) is 3.46. The van der Waals surface area contributed by atoms with E-state index in [1.165, 1.54) is 17.7 Å². The van der Waals surface area contributed by atoms with Gasteiger partial charge >= 0.3 is 5.69 Å². The lowest BCUT2D eigenvalue weighted by Crippen LogP contribution is -2.14. The highest BCUT2D eigenvalue weighted by Gasteiger charge is 2.14. The Balaban J connectivity index is 2.15. The SMILES string of the molecule is CCC(NC)c1ccn(Cc2ccc([N+](=O)[O-])c(F)c2)c1. The number of aromatic nitrogens is 1. The summed E-state index contributed by atoms with van der Waals surface area (Å²) in [5, 5.41) is 13.8. The van der Waals surface area contributed by atoms with Gasteiger partial charge in [-0.2, -0.15) is 4.39 Å². The van der Waals surface area contributed by atoms with Crippen LogP contribution in [0.25, 0.3) is 0 Å². The highest BCUT2D eigenvalue weighted by molar-refractivity contribution is 5.35. The molecule has 0 amide bonds. The van der Waals surface area contributed by atoms with Crippen molar-refractivity contribution in [3.8, 4) is 0 Å². The van der Waals surface area contributed by atoms with Crippen LogP contribution in [0.2, 0.25) is 0 Å². The normalized spacial score (nSPS) is 12.3. The van der Waals surface area contributed by atoms with E-state index in [4.69, 9.17) is 0 Å². The molecule has 0 saturated heterocycles. The summed E-state index contributed by atoms with van der Waals surface area (Å²) in [6, 6.07) is 6.31. The third-order valence-corrected chi connectivity index (χ3v) is 3.51. The van der Waals surface area contributed by atoms with Gasteiger partial charge in [0.15, 0.2) is 0 Å². The highest BCUT2D eigenvalue weighted by Crippen LogP contribution is 2.20. The van der Waals surface area contributed by atoms with E-state index in [2.05, 4.69) is 12.2 Å². The van der Waals surface area contributed by atoms with Crippen LogP contribution in [0.4, 0.5) is 10.1 Å². The molecule has 1 atom stereocenters. The summed E-state index contributed by atoms with van der Waals surface area (Å²) in [6.45, 7) is 2.58. The van der Waals surface area contributed by atoms with E-state index in [1.54, 1.807) is 6.07 Å². The molecule has 0 aliphatic heterocycles. The molecule has 6 heteroatoms. The van der Waals surface area contributed by atoms with Gasteiger partial charge in [0.05, 0.1) is 4.92 Å². The number of rotatable bonds is 6. The molecule has 2 rings (SSSR count). The maximum Gasteiger partial charge on any atom is 0.304 e. The Hall–Kier alpha value is -2.21. The number of nitro groups is 1. The van der Waals surface area contributed by atoms with Crippen LogP contribution in [0.3, 0.4) is 0 Å². The average molecular weight is 291 g/mol. The van der Waals surface area contributed by atoms with Gasteiger partial charge in [0.1, 0.15) is 0 Å². The van der Waals surface area contributed by atoms with Crippen LogP contribution < -0.4 is 5.32 Å². The van der Waals surface area contributed by atoms with Crippen LogP contribution in [0.15, 0.2) is 36.7 Å². The number of nitrogens with zero attached hydrogens (tertiary/aromatic N) is 2. The van der Waals surface area contributed by atoms with E-state index in [0.29, 0.717) is 18.2 Å². The molecular weight excluding hydrogens is 273 g/mol. The molecule has 112 valence electrons. The molecule has 1 N–H and O–H groups in total. The Kier molecular flexibility index (Phi) is 4.70. The molecule has 0 saturated carbocycles. The van der Waals surface area contributed by atoms with E-state index < -0.39 is 16.4 Å². The molecule has 0 spiro atoms. The Labute approximate surface area is 122 Å². The lowest BCUT2D eigenvalue weighted by Gasteiger charge is -2.11. The standard InChI is InChI=1S/C15H18FN3O2/c1-3-14(17-2)12-6-7-18(10-12)9-11-4-5-15(19(20)21)13(16)8-11/h4-8,10,14,17H,3,9H2,1-2H3. The molecular formula is C15H18FN3O2. The van der Waals surface area contributed by atoms with Gasteiger partial charge in [-0.1, -0.05) is 13.0 Å². The first-order valence-corrected chi connectivity index (χ1v) is 6.81. The fourth-order valence-electron chi connectivity index (χ4n) is 2.38. The Morgan fingerprint density at radius 3 is 2.76 bits per heavy atom. The van der Waals surface area contributed by atoms with Gasteiger partial charge in [0.25, 0.3) is 0 Å². The highest BCUT2D eigenvalue weighted by atomic mass is 19.1. The predicted octanol–water partition coefficient (Wildman–Crippen LogP) is 3.25. The molecule has 1 aromatic carbocycles. The zero-order valence-corrected chi connectivity index (χ0v) is 12.0. The lowest BCUT2D eigenvalue weighted by atomic mass is 10.1. The number of hydrogen-bond acceptors (Lipinski definition) is 3. The molecule has 5 nitrogen and oxygen atoms in total. The largest absolute Gasteiger partial charge is 0.350 e. The quantitative estimate of drug-likeness (QED) is 0.656. The van der Waals surface area contributed by atoms with Gasteiger partial charge in [-0.05, 0) is 36.7 Å². The van der Waals surface area contributed by atoms with E-state index >= 15 is 0 Å². The van der Waals surface area contributed by atoms with Gasteiger partial charge in [-0.3, -0.25) is 10.1 Å². The van der Waals surface area contributed by atoms with Gasteiger partial charge in [-0.15, -0.1) is 0 Å². The second-order valence-electron chi connectivity index (χ2n) is 4.91. The van der Waals surface area contributed by atoms with Gasteiger partial charge in [0.2, 0.25) is 5.82 Å². The Morgan fingerprint density at radius 1 is 1.43 bits per heavy atom. The van der Waals surface area contributed by atoms with Crippen molar-refractivity contribution in [3.63, 3.8) is 0 Å². The van der Waals surface area contributed by atoms with E-state index in [0.717, 1.165) is 6.42 Å². The van der Waals surface area contributed by atoms with Crippen LogP contribution in [0.1, 0.15) is 30.5 Å². The van der Waals surface area contributed by atoms with Gasteiger partial charge in [-0.25, -0.2) is 0 Å². The molecule has 2 aromatic rings. The molecule has 21 heavy (non-hydrogen) atoms. The minimum Gasteiger partial charge on any atom is -0.350 e. The summed E-state index contributed by atoms with van der Waals surface area (Å²) in [5.74, 6) is -0.800. The van der Waals surface area contributed by atoms with Crippen molar-refractivity contribution >= 4 is 5.69 Å². The maximum atomic E-state index is 13.6. The first-order valence-electron chi connectivity index (χ1n) is 6.81. The number of hydrogen-bond donors (Lipinski definition) is 1. The summed E-state index contributed by atoms with van der Waals surface area (Å²) in [4.78, 5) is 9.87. The minimum atomic E-state index is -0.800. The minimum absolute atomic E-state index is 0.292. The molecule has 1 heterocycles. The fraction of sp³-hybridized carbons (Fsp3) is 0.333. The van der Waals surface area contributed by atoms with Crippen molar-refractivity contribution in [2.45, 2.75) is 25.9 Å². The Bertz CT molecular complexity index is 636. The smallest absolute Gasteiger partial charge is 0.304 e.